The molecule has 0 spiro atoms. The zero-order valence-electron chi connectivity index (χ0n) is 19.0. The molecule has 3 aromatic carbocycles. The van der Waals surface area contributed by atoms with Crippen LogP contribution in [0.3, 0.4) is 0 Å². The van der Waals surface area contributed by atoms with Crippen molar-refractivity contribution in [1.29, 1.82) is 0 Å². The summed E-state index contributed by atoms with van der Waals surface area (Å²) < 4.78 is 5.62. The van der Waals surface area contributed by atoms with Crippen LogP contribution in [0, 0.1) is 5.92 Å². The van der Waals surface area contributed by atoms with Crippen LogP contribution in [-0.2, 0) is 11.3 Å². The second-order valence-corrected chi connectivity index (χ2v) is 8.75. The van der Waals surface area contributed by atoms with Crippen LogP contribution in [-0.4, -0.2) is 17.9 Å². The van der Waals surface area contributed by atoms with Gasteiger partial charge in [0.25, 0.3) is 0 Å². The van der Waals surface area contributed by atoms with E-state index in [1.807, 2.05) is 30.3 Å². The molecule has 0 bridgehead atoms. The third-order valence-corrected chi connectivity index (χ3v) is 6.64. The van der Waals surface area contributed by atoms with Gasteiger partial charge in [0.2, 0.25) is 5.91 Å². The Balaban J connectivity index is 1.70. The summed E-state index contributed by atoms with van der Waals surface area (Å²) in [7, 11) is 1.69. The molecular formula is C29H33NO2. The molecular weight excluding hydrogens is 394 g/mol. The van der Waals surface area contributed by atoms with E-state index in [2.05, 4.69) is 59.5 Å². The van der Waals surface area contributed by atoms with Gasteiger partial charge in [0.15, 0.2) is 0 Å². The molecule has 0 heterocycles. The van der Waals surface area contributed by atoms with Crippen LogP contribution >= 0.6 is 0 Å². The van der Waals surface area contributed by atoms with Gasteiger partial charge in [-0.2, -0.15) is 0 Å². The number of ether oxygens (including phenoxy) is 1. The summed E-state index contributed by atoms with van der Waals surface area (Å²) in [5.74, 6) is 1.72. The van der Waals surface area contributed by atoms with Crippen molar-refractivity contribution in [3.8, 4) is 5.75 Å². The Morgan fingerprint density at radius 3 is 2.03 bits per heavy atom. The lowest BCUT2D eigenvalue weighted by Gasteiger charge is -2.33. The van der Waals surface area contributed by atoms with E-state index in [9.17, 15) is 4.79 Å². The van der Waals surface area contributed by atoms with Gasteiger partial charge in [0.1, 0.15) is 5.75 Å². The van der Waals surface area contributed by atoms with Crippen molar-refractivity contribution in [2.45, 2.75) is 51.1 Å². The van der Waals surface area contributed by atoms with Crippen molar-refractivity contribution in [3.05, 3.63) is 102 Å². The van der Waals surface area contributed by atoms with E-state index in [1.54, 1.807) is 7.11 Å². The zero-order valence-corrected chi connectivity index (χ0v) is 19.0. The number of hydrogen-bond donors (Lipinski definition) is 0. The lowest BCUT2D eigenvalue weighted by Crippen LogP contribution is -2.35. The molecule has 3 aromatic rings. The highest BCUT2D eigenvalue weighted by Crippen LogP contribution is 2.34. The molecule has 0 saturated heterocycles. The second-order valence-electron chi connectivity index (χ2n) is 8.75. The Labute approximate surface area is 192 Å². The summed E-state index contributed by atoms with van der Waals surface area (Å²) in [6, 6.07) is 28.6. The third kappa shape index (κ3) is 5.40. The predicted molar refractivity (Wildman–Crippen MR) is 129 cm³/mol. The quantitative estimate of drug-likeness (QED) is 0.376. The summed E-state index contributed by atoms with van der Waals surface area (Å²) in [6.45, 7) is 0.516. The Kier molecular flexibility index (Phi) is 7.60. The SMILES string of the molecule is COc1ccccc1CN(C(=O)CCC1CCCC1)C(c1ccccc1)c1ccccc1. The minimum atomic E-state index is -0.140. The van der Waals surface area contributed by atoms with Crippen LogP contribution in [0.25, 0.3) is 0 Å². The van der Waals surface area contributed by atoms with E-state index in [1.165, 1.54) is 25.7 Å². The normalized spacial score (nSPS) is 13.9. The lowest BCUT2D eigenvalue weighted by atomic mass is 9.95. The van der Waals surface area contributed by atoms with Crippen molar-refractivity contribution < 1.29 is 9.53 Å². The molecule has 1 saturated carbocycles. The maximum absolute atomic E-state index is 13.8. The van der Waals surface area contributed by atoms with Crippen LogP contribution in [0.1, 0.15) is 61.3 Å². The Morgan fingerprint density at radius 1 is 0.875 bits per heavy atom. The molecule has 3 nitrogen and oxygen atoms in total. The van der Waals surface area contributed by atoms with E-state index in [0.29, 0.717) is 18.9 Å². The number of amides is 1. The number of para-hydroxylation sites is 1. The van der Waals surface area contributed by atoms with Gasteiger partial charge in [-0.3, -0.25) is 4.79 Å². The largest absolute Gasteiger partial charge is 0.496 e. The first-order chi connectivity index (χ1) is 15.8. The fourth-order valence-electron chi connectivity index (χ4n) is 4.93. The molecule has 166 valence electrons. The van der Waals surface area contributed by atoms with Gasteiger partial charge in [-0.15, -0.1) is 0 Å². The molecule has 0 unspecified atom stereocenters. The molecule has 1 amide bonds. The van der Waals surface area contributed by atoms with Crippen molar-refractivity contribution >= 4 is 5.91 Å². The molecule has 1 aliphatic carbocycles. The van der Waals surface area contributed by atoms with E-state index >= 15 is 0 Å². The number of carbonyl (C=O) groups excluding carboxylic acids is 1. The molecule has 0 radical (unpaired) electrons. The Hall–Kier alpha value is -3.07. The highest BCUT2D eigenvalue weighted by atomic mass is 16.5. The number of carbonyl (C=O) groups is 1. The number of rotatable bonds is 9. The van der Waals surface area contributed by atoms with Gasteiger partial charge in [-0.1, -0.05) is 105 Å². The van der Waals surface area contributed by atoms with Crippen LogP contribution in [0.5, 0.6) is 5.75 Å². The molecule has 1 fully saturated rings. The van der Waals surface area contributed by atoms with E-state index in [-0.39, 0.29) is 11.9 Å². The highest BCUT2D eigenvalue weighted by Gasteiger charge is 2.28. The first-order valence-electron chi connectivity index (χ1n) is 11.8. The van der Waals surface area contributed by atoms with Gasteiger partial charge in [0.05, 0.1) is 19.7 Å². The van der Waals surface area contributed by atoms with Gasteiger partial charge >= 0.3 is 0 Å². The first-order valence-corrected chi connectivity index (χ1v) is 11.8. The number of benzene rings is 3. The topological polar surface area (TPSA) is 29.5 Å². The van der Waals surface area contributed by atoms with E-state index < -0.39 is 0 Å². The summed E-state index contributed by atoms with van der Waals surface area (Å²) >= 11 is 0. The number of nitrogens with zero attached hydrogens (tertiary/aromatic N) is 1. The molecule has 1 aliphatic rings. The standard InChI is InChI=1S/C29H33NO2/c1-32-27-19-11-10-18-26(27)22-30(28(31)21-20-23-12-8-9-13-23)29(24-14-4-2-5-15-24)25-16-6-3-7-17-25/h2-7,10-11,14-19,23,29H,8-9,12-13,20-22H2,1H3. The van der Waals surface area contributed by atoms with Crippen LogP contribution in [0.4, 0.5) is 0 Å². The summed E-state index contributed by atoms with van der Waals surface area (Å²) in [6.07, 6.45) is 6.72. The highest BCUT2D eigenvalue weighted by molar-refractivity contribution is 5.77. The van der Waals surface area contributed by atoms with Gasteiger partial charge in [-0.05, 0) is 29.5 Å². The van der Waals surface area contributed by atoms with Gasteiger partial charge in [0, 0.05) is 12.0 Å². The maximum Gasteiger partial charge on any atom is 0.223 e. The van der Waals surface area contributed by atoms with Crippen LogP contribution < -0.4 is 4.74 Å². The van der Waals surface area contributed by atoms with Crippen molar-refractivity contribution in [3.63, 3.8) is 0 Å². The average molecular weight is 428 g/mol. The molecule has 32 heavy (non-hydrogen) atoms. The van der Waals surface area contributed by atoms with E-state index in [0.717, 1.165) is 28.9 Å². The maximum atomic E-state index is 13.8. The summed E-state index contributed by atoms with van der Waals surface area (Å²) in [5, 5.41) is 0. The van der Waals surface area contributed by atoms with Crippen LogP contribution in [0.2, 0.25) is 0 Å². The number of hydrogen-bond acceptors (Lipinski definition) is 2. The van der Waals surface area contributed by atoms with Crippen molar-refractivity contribution in [1.82, 2.24) is 4.90 Å². The third-order valence-electron chi connectivity index (χ3n) is 6.64. The molecule has 3 heteroatoms. The minimum absolute atomic E-state index is 0.140. The summed E-state index contributed by atoms with van der Waals surface area (Å²) in [4.78, 5) is 15.8. The molecule has 4 rings (SSSR count). The molecule has 0 N–H and O–H groups in total. The predicted octanol–water partition coefficient (Wildman–Crippen LogP) is 6.78. The average Bonchev–Trinajstić information content (AvgIpc) is 3.37. The first kappa shape index (κ1) is 22.1. The Bertz CT molecular complexity index is 941. The number of methoxy groups -OCH3 is 1. The second kappa shape index (κ2) is 11.0. The Morgan fingerprint density at radius 2 is 1.44 bits per heavy atom. The van der Waals surface area contributed by atoms with Crippen molar-refractivity contribution in [2.24, 2.45) is 5.92 Å². The molecule has 0 atom stereocenters. The fourth-order valence-corrected chi connectivity index (χ4v) is 4.93. The zero-order chi connectivity index (χ0) is 22.2. The monoisotopic (exact) mass is 427 g/mol. The van der Waals surface area contributed by atoms with E-state index in [4.69, 9.17) is 4.74 Å². The molecule has 0 aliphatic heterocycles. The van der Waals surface area contributed by atoms with Crippen LogP contribution in [0.15, 0.2) is 84.9 Å². The van der Waals surface area contributed by atoms with Gasteiger partial charge < -0.3 is 9.64 Å². The minimum Gasteiger partial charge on any atom is -0.496 e. The fraction of sp³-hybridized carbons (Fsp3) is 0.345. The van der Waals surface area contributed by atoms with Crippen molar-refractivity contribution in [2.75, 3.05) is 7.11 Å². The summed E-state index contributed by atoms with van der Waals surface area (Å²) in [5.41, 5.74) is 3.28. The lowest BCUT2D eigenvalue weighted by molar-refractivity contribution is -0.134. The molecule has 0 aromatic heterocycles. The van der Waals surface area contributed by atoms with Gasteiger partial charge in [-0.25, -0.2) is 0 Å². The smallest absolute Gasteiger partial charge is 0.223 e.